The van der Waals surface area contributed by atoms with Crippen LogP contribution in [0.5, 0.6) is 0 Å². The van der Waals surface area contributed by atoms with Crippen LogP contribution in [-0.2, 0) is 16.0 Å². The van der Waals surface area contributed by atoms with Crippen molar-refractivity contribution in [2.75, 3.05) is 0 Å². The maximum atomic E-state index is 11.4. The fourth-order valence-corrected chi connectivity index (χ4v) is 2.45. The summed E-state index contributed by atoms with van der Waals surface area (Å²) in [6.45, 7) is 4.97. The number of carbonyl (C=O) groups excluding carboxylic acids is 2. The van der Waals surface area contributed by atoms with Gasteiger partial charge in [-0.25, -0.2) is 0 Å². The first kappa shape index (κ1) is 16.0. The normalized spacial score (nSPS) is 11.8. The lowest BCUT2D eigenvalue weighted by atomic mass is 9.96. The molecule has 114 valence electrons. The highest BCUT2D eigenvalue weighted by Gasteiger charge is 2.17. The summed E-state index contributed by atoms with van der Waals surface area (Å²) < 4.78 is 5.49. The van der Waals surface area contributed by atoms with Gasteiger partial charge in [-0.3, -0.25) is 9.59 Å². The van der Waals surface area contributed by atoms with Crippen LogP contribution in [0.1, 0.15) is 47.0 Å². The molecule has 2 aromatic carbocycles. The molecule has 0 aliphatic heterocycles. The molecule has 0 aliphatic rings. The Hall–Kier alpha value is -2.42. The van der Waals surface area contributed by atoms with E-state index in [2.05, 4.69) is 0 Å². The van der Waals surface area contributed by atoms with E-state index in [9.17, 15) is 9.59 Å². The lowest BCUT2D eigenvalue weighted by Gasteiger charge is -2.19. The molecule has 0 aliphatic carbocycles. The highest BCUT2D eigenvalue weighted by atomic mass is 16.5. The van der Waals surface area contributed by atoms with Crippen LogP contribution in [0.3, 0.4) is 0 Å². The van der Waals surface area contributed by atoms with Gasteiger partial charge >= 0.3 is 5.97 Å². The summed E-state index contributed by atoms with van der Waals surface area (Å²) in [5.74, 6) is -0.254. The van der Waals surface area contributed by atoms with Crippen LogP contribution in [0.15, 0.2) is 48.5 Å². The topological polar surface area (TPSA) is 43.4 Å². The van der Waals surface area contributed by atoms with E-state index >= 15 is 0 Å². The number of carbonyl (C=O) groups is 2. The Balaban J connectivity index is 2.25. The summed E-state index contributed by atoms with van der Waals surface area (Å²) >= 11 is 0. The molecule has 0 N–H and O–H groups in total. The van der Waals surface area contributed by atoms with Crippen LogP contribution in [0.2, 0.25) is 0 Å². The van der Waals surface area contributed by atoms with E-state index < -0.39 is 0 Å². The third kappa shape index (κ3) is 4.04. The molecule has 3 heteroatoms. The molecule has 3 nitrogen and oxygen atoms in total. The van der Waals surface area contributed by atoms with E-state index in [1.54, 1.807) is 19.1 Å². The van der Waals surface area contributed by atoms with E-state index in [1.807, 2.05) is 43.3 Å². The van der Waals surface area contributed by atoms with Crippen molar-refractivity contribution in [2.45, 2.75) is 33.3 Å². The van der Waals surface area contributed by atoms with E-state index in [0.717, 1.165) is 16.7 Å². The summed E-state index contributed by atoms with van der Waals surface area (Å²) in [5.41, 5.74) is 3.81. The average Bonchev–Trinajstić information content (AvgIpc) is 2.47. The van der Waals surface area contributed by atoms with Crippen molar-refractivity contribution in [3.05, 3.63) is 70.8 Å². The third-order valence-corrected chi connectivity index (χ3v) is 3.63. The van der Waals surface area contributed by atoms with Gasteiger partial charge in [0, 0.05) is 18.9 Å². The molecular weight excluding hydrogens is 276 g/mol. The van der Waals surface area contributed by atoms with Gasteiger partial charge in [0.05, 0.1) is 0 Å². The number of hydrogen-bond donors (Lipinski definition) is 0. The van der Waals surface area contributed by atoms with Crippen LogP contribution < -0.4 is 0 Å². The molecule has 2 aromatic rings. The maximum absolute atomic E-state index is 11.4. The SMILES string of the molecule is CC(=O)OC(Cc1ccc(C(C)=O)cc1)c1ccccc1C. The Labute approximate surface area is 130 Å². The molecular formula is C19H20O3. The molecule has 0 amide bonds. The highest BCUT2D eigenvalue weighted by Crippen LogP contribution is 2.25. The summed E-state index contributed by atoms with van der Waals surface area (Å²) in [6, 6.07) is 15.3. The van der Waals surface area contributed by atoms with Crippen LogP contribution in [0.4, 0.5) is 0 Å². The largest absolute Gasteiger partial charge is 0.457 e. The van der Waals surface area contributed by atoms with Gasteiger partial charge in [0.15, 0.2) is 5.78 Å². The van der Waals surface area contributed by atoms with Gasteiger partial charge in [-0.15, -0.1) is 0 Å². The van der Waals surface area contributed by atoms with E-state index in [-0.39, 0.29) is 17.9 Å². The summed E-state index contributed by atoms with van der Waals surface area (Å²) in [5, 5.41) is 0. The van der Waals surface area contributed by atoms with Crippen molar-refractivity contribution in [3.8, 4) is 0 Å². The monoisotopic (exact) mass is 296 g/mol. The molecule has 0 aromatic heterocycles. The molecule has 0 saturated carbocycles. The zero-order chi connectivity index (χ0) is 16.1. The minimum atomic E-state index is -0.318. The predicted octanol–water partition coefficient (Wildman–Crippen LogP) is 4.04. The van der Waals surface area contributed by atoms with Crippen LogP contribution in [0, 0.1) is 6.92 Å². The van der Waals surface area contributed by atoms with Gasteiger partial charge in [-0.05, 0) is 30.5 Å². The van der Waals surface area contributed by atoms with Crippen molar-refractivity contribution < 1.29 is 14.3 Å². The van der Waals surface area contributed by atoms with Gasteiger partial charge in [-0.1, -0.05) is 48.5 Å². The molecule has 1 unspecified atom stereocenters. The number of ketones is 1. The van der Waals surface area contributed by atoms with Crippen LogP contribution >= 0.6 is 0 Å². The molecule has 22 heavy (non-hydrogen) atoms. The lowest BCUT2D eigenvalue weighted by Crippen LogP contribution is -2.12. The minimum absolute atomic E-state index is 0.0435. The van der Waals surface area contributed by atoms with E-state index in [4.69, 9.17) is 4.74 Å². The molecule has 2 rings (SSSR count). The standard InChI is InChI=1S/C19H20O3/c1-13-6-4-5-7-18(13)19(22-15(3)21)12-16-8-10-17(11-9-16)14(2)20/h4-11,19H,12H2,1-3H3. The quantitative estimate of drug-likeness (QED) is 0.617. The van der Waals surface area contributed by atoms with E-state index in [1.165, 1.54) is 6.92 Å². The molecule has 0 spiro atoms. The Kier molecular flexibility index (Phi) is 5.10. The second-order valence-electron chi connectivity index (χ2n) is 5.41. The van der Waals surface area contributed by atoms with Gasteiger partial charge < -0.3 is 4.74 Å². The molecule has 0 saturated heterocycles. The zero-order valence-electron chi connectivity index (χ0n) is 13.1. The van der Waals surface area contributed by atoms with Crippen LogP contribution in [-0.4, -0.2) is 11.8 Å². The fourth-order valence-electron chi connectivity index (χ4n) is 2.45. The van der Waals surface area contributed by atoms with Crippen molar-refractivity contribution in [1.29, 1.82) is 0 Å². The number of esters is 1. The van der Waals surface area contributed by atoms with Crippen molar-refractivity contribution in [3.63, 3.8) is 0 Å². The fraction of sp³-hybridized carbons (Fsp3) is 0.263. The second-order valence-corrected chi connectivity index (χ2v) is 5.41. The Morgan fingerprint density at radius 3 is 2.18 bits per heavy atom. The minimum Gasteiger partial charge on any atom is -0.457 e. The van der Waals surface area contributed by atoms with Crippen molar-refractivity contribution in [2.24, 2.45) is 0 Å². The second kappa shape index (κ2) is 7.03. The Morgan fingerprint density at radius 1 is 1.00 bits per heavy atom. The predicted molar refractivity (Wildman–Crippen MR) is 85.8 cm³/mol. The number of benzene rings is 2. The van der Waals surface area contributed by atoms with E-state index in [0.29, 0.717) is 12.0 Å². The highest BCUT2D eigenvalue weighted by molar-refractivity contribution is 5.94. The Morgan fingerprint density at radius 2 is 1.64 bits per heavy atom. The van der Waals surface area contributed by atoms with Crippen LogP contribution in [0.25, 0.3) is 0 Å². The smallest absolute Gasteiger partial charge is 0.303 e. The first-order valence-corrected chi connectivity index (χ1v) is 7.30. The number of aryl methyl sites for hydroxylation is 1. The zero-order valence-corrected chi connectivity index (χ0v) is 13.1. The molecule has 0 heterocycles. The first-order chi connectivity index (χ1) is 10.5. The third-order valence-electron chi connectivity index (χ3n) is 3.63. The number of hydrogen-bond acceptors (Lipinski definition) is 3. The molecule has 1 atom stereocenters. The van der Waals surface area contributed by atoms with Crippen molar-refractivity contribution >= 4 is 11.8 Å². The van der Waals surface area contributed by atoms with Crippen molar-refractivity contribution in [1.82, 2.24) is 0 Å². The van der Waals surface area contributed by atoms with Gasteiger partial charge in [-0.2, -0.15) is 0 Å². The molecule has 0 bridgehead atoms. The maximum Gasteiger partial charge on any atom is 0.303 e. The number of Topliss-reactive ketones (excluding diaryl/α,β-unsaturated/α-hetero) is 1. The summed E-state index contributed by atoms with van der Waals surface area (Å²) in [7, 11) is 0. The molecule has 0 fully saturated rings. The van der Waals surface area contributed by atoms with Gasteiger partial charge in [0.1, 0.15) is 6.10 Å². The number of ether oxygens (including phenoxy) is 1. The number of rotatable bonds is 5. The van der Waals surface area contributed by atoms with Gasteiger partial charge in [0.2, 0.25) is 0 Å². The Bertz CT molecular complexity index is 671. The van der Waals surface area contributed by atoms with Gasteiger partial charge in [0.25, 0.3) is 0 Å². The molecule has 0 radical (unpaired) electrons. The summed E-state index contributed by atoms with van der Waals surface area (Å²) in [6.07, 6.45) is 0.268. The lowest BCUT2D eigenvalue weighted by molar-refractivity contribution is -0.146. The average molecular weight is 296 g/mol. The summed E-state index contributed by atoms with van der Waals surface area (Å²) in [4.78, 5) is 22.7. The first-order valence-electron chi connectivity index (χ1n) is 7.30.